The lowest BCUT2D eigenvalue weighted by molar-refractivity contribution is 0.109. The zero-order chi connectivity index (χ0) is 8.97. The van der Waals surface area contributed by atoms with Gasteiger partial charge in [0.15, 0.2) is 0 Å². The number of hydrogen-bond acceptors (Lipinski definition) is 2. The molecule has 0 saturated heterocycles. The van der Waals surface area contributed by atoms with Crippen LogP contribution in [-0.2, 0) is 6.42 Å². The zero-order valence-electron chi connectivity index (χ0n) is 6.53. The predicted octanol–water partition coefficient (Wildman–Crippen LogP) is 1.29. The molecule has 0 aliphatic heterocycles. The summed E-state index contributed by atoms with van der Waals surface area (Å²) in [5.74, 6) is 0. The Labute approximate surface area is 76.6 Å². The fourth-order valence-electron chi connectivity index (χ4n) is 0.943. The normalized spacial score (nSPS) is 9.83. The molecule has 1 N–H and O–H groups in total. The van der Waals surface area contributed by atoms with Crippen LogP contribution in [0, 0.1) is 0 Å². The average molecular weight is 182 g/mol. The Morgan fingerprint density at radius 3 is 2.33 bits per heavy atom. The molecule has 64 valence electrons. The maximum atomic E-state index is 10.7. The minimum absolute atomic E-state index is 0.133. The number of carbonyl (C=O) groups is 1. The van der Waals surface area contributed by atoms with Gasteiger partial charge in [-0.05, 0) is 12.0 Å². The molecule has 0 aliphatic carbocycles. The summed E-state index contributed by atoms with van der Waals surface area (Å²) >= 11 is 3.69. The van der Waals surface area contributed by atoms with E-state index in [1.807, 2.05) is 12.1 Å². The van der Waals surface area contributed by atoms with E-state index in [4.69, 9.17) is 5.11 Å². The van der Waals surface area contributed by atoms with E-state index in [2.05, 4.69) is 12.6 Å². The molecular formula is C9H10O2S. The molecule has 0 spiro atoms. The van der Waals surface area contributed by atoms with Crippen molar-refractivity contribution in [2.45, 2.75) is 6.42 Å². The van der Waals surface area contributed by atoms with Crippen LogP contribution in [0.1, 0.15) is 15.9 Å². The van der Waals surface area contributed by atoms with Gasteiger partial charge in [-0.15, -0.1) is 12.6 Å². The first-order valence-corrected chi connectivity index (χ1v) is 4.12. The minimum atomic E-state index is -0.231. The second-order valence-corrected chi connectivity index (χ2v) is 2.88. The predicted molar refractivity (Wildman–Crippen MR) is 50.5 cm³/mol. The Hall–Kier alpha value is -0.800. The fourth-order valence-corrected chi connectivity index (χ4v) is 1.09. The highest BCUT2D eigenvalue weighted by atomic mass is 32.1. The van der Waals surface area contributed by atoms with Gasteiger partial charge in [0.2, 0.25) is 5.12 Å². The van der Waals surface area contributed by atoms with Crippen LogP contribution < -0.4 is 0 Å². The Balaban J connectivity index is 2.78. The van der Waals surface area contributed by atoms with Gasteiger partial charge in [-0.2, -0.15) is 0 Å². The van der Waals surface area contributed by atoms with Crippen LogP contribution in [0.3, 0.4) is 0 Å². The standard InChI is InChI=1S/C9H10O2S/c10-6-5-7-1-3-8(4-2-7)9(11)12/h1-4,10H,5-6H2,(H,11,12). The van der Waals surface area contributed by atoms with Crippen LogP contribution in [0.2, 0.25) is 0 Å². The van der Waals surface area contributed by atoms with E-state index in [0.29, 0.717) is 12.0 Å². The third kappa shape index (κ3) is 2.36. The average Bonchev–Trinajstić information content (AvgIpc) is 2.06. The van der Waals surface area contributed by atoms with Gasteiger partial charge < -0.3 is 5.11 Å². The molecular weight excluding hydrogens is 172 g/mol. The number of aliphatic hydroxyl groups is 1. The Kier molecular flexibility index (Phi) is 3.31. The van der Waals surface area contributed by atoms with E-state index in [0.717, 1.165) is 5.56 Å². The van der Waals surface area contributed by atoms with Gasteiger partial charge in [0, 0.05) is 12.2 Å². The highest BCUT2D eigenvalue weighted by Gasteiger charge is 1.98. The van der Waals surface area contributed by atoms with Crippen molar-refractivity contribution in [1.82, 2.24) is 0 Å². The molecule has 1 aromatic carbocycles. The molecule has 2 nitrogen and oxygen atoms in total. The quantitative estimate of drug-likeness (QED) is 0.691. The van der Waals surface area contributed by atoms with E-state index >= 15 is 0 Å². The molecule has 1 rings (SSSR count). The van der Waals surface area contributed by atoms with Crippen LogP contribution >= 0.6 is 12.6 Å². The van der Waals surface area contributed by atoms with Crippen molar-refractivity contribution in [2.24, 2.45) is 0 Å². The minimum Gasteiger partial charge on any atom is -0.396 e. The van der Waals surface area contributed by atoms with Crippen molar-refractivity contribution < 1.29 is 9.90 Å². The van der Waals surface area contributed by atoms with Gasteiger partial charge in [-0.3, -0.25) is 4.79 Å². The number of aliphatic hydroxyl groups excluding tert-OH is 1. The molecule has 0 saturated carbocycles. The zero-order valence-corrected chi connectivity index (χ0v) is 7.42. The van der Waals surface area contributed by atoms with Gasteiger partial charge in [0.25, 0.3) is 0 Å². The molecule has 1 aromatic rings. The summed E-state index contributed by atoms with van der Waals surface area (Å²) in [6.07, 6.45) is 0.626. The highest BCUT2D eigenvalue weighted by molar-refractivity contribution is 7.97. The molecule has 3 heteroatoms. The second-order valence-electron chi connectivity index (χ2n) is 2.48. The molecule has 0 fully saturated rings. The third-order valence-corrected chi connectivity index (χ3v) is 1.86. The molecule has 12 heavy (non-hydrogen) atoms. The highest BCUT2D eigenvalue weighted by Crippen LogP contribution is 2.06. The molecule has 0 unspecified atom stereocenters. The molecule has 0 amide bonds. The van der Waals surface area contributed by atoms with Crippen LogP contribution in [-0.4, -0.2) is 16.8 Å². The smallest absolute Gasteiger partial charge is 0.216 e. The number of carbonyl (C=O) groups excluding carboxylic acids is 1. The molecule has 0 aliphatic rings. The summed E-state index contributed by atoms with van der Waals surface area (Å²) in [4.78, 5) is 10.7. The van der Waals surface area contributed by atoms with Gasteiger partial charge in [-0.25, -0.2) is 0 Å². The summed E-state index contributed by atoms with van der Waals surface area (Å²) in [5.41, 5.74) is 1.61. The first-order valence-electron chi connectivity index (χ1n) is 3.67. The van der Waals surface area contributed by atoms with Crippen molar-refractivity contribution in [1.29, 1.82) is 0 Å². The Bertz CT molecular complexity index is 266. The van der Waals surface area contributed by atoms with E-state index < -0.39 is 0 Å². The van der Waals surface area contributed by atoms with Crippen molar-refractivity contribution in [2.75, 3.05) is 6.61 Å². The summed E-state index contributed by atoms with van der Waals surface area (Å²) < 4.78 is 0. The van der Waals surface area contributed by atoms with Crippen LogP contribution in [0.25, 0.3) is 0 Å². The molecule has 0 bridgehead atoms. The maximum absolute atomic E-state index is 10.7. The van der Waals surface area contributed by atoms with Crippen molar-refractivity contribution in [3.8, 4) is 0 Å². The van der Waals surface area contributed by atoms with Crippen molar-refractivity contribution >= 4 is 17.7 Å². The summed E-state index contributed by atoms with van der Waals surface area (Å²) in [5, 5.41) is 8.39. The first-order chi connectivity index (χ1) is 5.74. The van der Waals surface area contributed by atoms with Crippen molar-refractivity contribution in [3.05, 3.63) is 35.4 Å². The fraction of sp³-hybridized carbons (Fsp3) is 0.222. The molecule has 0 heterocycles. The summed E-state index contributed by atoms with van der Waals surface area (Å²) in [6, 6.07) is 7.06. The number of rotatable bonds is 3. The SMILES string of the molecule is O=C(S)c1ccc(CCO)cc1. The largest absolute Gasteiger partial charge is 0.396 e. The van der Waals surface area contributed by atoms with Crippen LogP contribution in [0.5, 0.6) is 0 Å². The lowest BCUT2D eigenvalue weighted by atomic mass is 10.1. The third-order valence-electron chi connectivity index (χ3n) is 1.60. The van der Waals surface area contributed by atoms with E-state index in [1.165, 1.54) is 0 Å². The lowest BCUT2D eigenvalue weighted by Crippen LogP contribution is -1.92. The van der Waals surface area contributed by atoms with Crippen molar-refractivity contribution in [3.63, 3.8) is 0 Å². The Morgan fingerprint density at radius 2 is 1.92 bits per heavy atom. The Morgan fingerprint density at radius 1 is 1.33 bits per heavy atom. The summed E-state index contributed by atoms with van der Waals surface area (Å²) in [6.45, 7) is 0.133. The van der Waals surface area contributed by atoms with Crippen LogP contribution in [0.4, 0.5) is 0 Å². The maximum Gasteiger partial charge on any atom is 0.216 e. The van der Waals surface area contributed by atoms with E-state index in [-0.39, 0.29) is 11.7 Å². The monoisotopic (exact) mass is 182 g/mol. The molecule has 0 radical (unpaired) electrons. The van der Waals surface area contributed by atoms with Gasteiger partial charge in [0.05, 0.1) is 0 Å². The molecule has 0 aromatic heterocycles. The number of thiol groups is 1. The van der Waals surface area contributed by atoms with Crippen LogP contribution in [0.15, 0.2) is 24.3 Å². The topological polar surface area (TPSA) is 37.3 Å². The number of hydrogen-bond donors (Lipinski definition) is 2. The van der Waals surface area contributed by atoms with Gasteiger partial charge >= 0.3 is 0 Å². The first kappa shape index (κ1) is 9.29. The lowest BCUT2D eigenvalue weighted by Gasteiger charge is -1.98. The van der Waals surface area contributed by atoms with Gasteiger partial charge in [0.1, 0.15) is 0 Å². The van der Waals surface area contributed by atoms with E-state index in [9.17, 15) is 4.79 Å². The van der Waals surface area contributed by atoms with E-state index in [1.54, 1.807) is 12.1 Å². The van der Waals surface area contributed by atoms with Gasteiger partial charge in [-0.1, -0.05) is 24.3 Å². The summed E-state index contributed by atoms with van der Waals surface area (Å²) in [7, 11) is 0. The molecule has 0 atom stereocenters. The number of benzene rings is 1. The second kappa shape index (κ2) is 4.28.